The second kappa shape index (κ2) is 7.33. The summed E-state index contributed by atoms with van der Waals surface area (Å²) in [7, 11) is 0. The maximum atomic E-state index is 11.7. The summed E-state index contributed by atoms with van der Waals surface area (Å²) in [6.45, 7) is 2.20. The summed E-state index contributed by atoms with van der Waals surface area (Å²) in [6, 6.07) is 0. The van der Waals surface area contributed by atoms with E-state index in [1.807, 2.05) is 11.8 Å². The van der Waals surface area contributed by atoms with Crippen molar-refractivity contribution < 1.29 is 4.79 Å². The number of hydrogen-bond donors (Lipinski definition) is 0. The summed E-state index contributed by atoms with van der Waals surface area (Å²) in [5.74, 6) is 2.86. The number of rotatable bonds is 6. The molecule has 0 spiro atoms. The Hall–Kier alpha value is 0.0200. The lowest BCUT2D eigenvalue weighted by Crippen LogP contribution is -2.19. The molecular formula is C12H22OS. The maximum Gasteiger partial charge on any atom is 0.145 e. The molecular weight excluding hydrogens is 192 g/mol. The monoisotopic (exact) mass is 214 g/mol. The SMILES string of the molecule is CCCCSCC(=O)C1CCCCC1. The molecule has 0 aromatic heterocycles. The van der Waals surface area contributed by atoms with Gasteiger partial charge in [0.15, 0.2) is 0 Å². The van der Waals surface area contributed by atoms with Crippen molar-refractivity contribution in [2.75, 3.05) is 11.5 Å². The third kappa shape index (κ3) is 4.50. The number of carbonyl (C=O) groups excluding carboxylic acids is 1. The molecule has 1 rings (SSSR count). The Morgan fingerprint density at radius 3 is 2.64 bits per heavy atom. The van der Waals surface area contributed by atoms with Crippen LogP contribution in [0.2, 0.25) is 0 Å². The molecule has 0 atom stereocenters. The first kappa shape index (κ1) is 12.1. The van der Waals surface area contributed by atoms with E-state index in [1.54, 1.807) is 0 Å². The van der Waals surface area contributed by atoms with Gasteiger partial charge in [-0.1, -0.05) is 32.6 Å². The van der Waals surface area contributed by atoms with Crippen molar-refractivity contribution in [1.29, 1.82) is 0 Å². The van der Waals surface area contributed by atoms with Crippen LogP contribution in [0.5, 0.6) is 0 Å². The van der Waals surface area contributed by atoms with Crippen LogP contribution in [0.4, 0.5) is 0 Å². The number of thioether (sulfide) groups is 1. The minimum Gasteiger partial charge on any atom is -0.298 e. The third-order valence-corrected chi connectivity index (χ3v) is 4.01. The van der Waals surface area contributed by atoms with E-state index in [9.17, 15) is 4.79 Å². The van der Waals surface area contributed by atoms with Gasteiger partial charge in [-0.25, -0.2) is 0 Å². The van der Waals surface area contributed by atoms with Crippen LogP contribution in [0.3, 0.4) is 0 Å². The van der Waals surface area contributed by atoms with E-state index in [0.717, 1.165) is 24.3 Å². The topological polar surface area (TPSA) is 17.1 Å². The van der Waals surface area contributed by atoms with Gasteiger partial charge in [0.2, 0.25) is 0 Å². The van der Waals surface area contributed by atoms with Gasteiger partial charge in [-0.3, -0.25) is 4.79 Å². The normalized spacial score (nSPS) is 18.4. The largest absolute Gasteiger partial charge is 0.298 e. The van der Waals surface area contributed by atoms with Gasteiger partial charge >= 0.3 is 0 Å². The van der Waals surface area contributed by atoms with Crippen molar-refractivity contribution in [2.24, 2.45) is 5.92 Å². The van der Waals surface area contributed by atoms with Crippen molar-refractivity contribution in [3.05, 3.63) is 0 Å². The van der Waals surface area contributed by atoms with Crippen molar-refractivity contribution in [1.82, 2.24) is 0 Å². The zero-order chi connectivity index (χ0) is 10.2. The maximum absolute atomic E-state index is 11.7. The second-order valence-corrected chi connectivity index (χ2v) is 5.31. The third-order valence-electron chi connectivity index (χ3n) is 2.95. The van der Waals surface area contributed by atoms with Gasteiger partial charge in [-0.05, 0) is 25.0 Å². The minimum absolute atomic E-state index is 0.415. The van der Waals surface area contributed by atoms with Gasteiger partial charge in [0.25, 0.3) is 0 Å². The smallest absolute Gasteiger partial charge is 0.145 e. The Balaban J connectivity index is 2.07. The highest BCUT2D eigenvalue weighted by Gasteiger charge is 2.20. The Labute approximate surface area is 92.0 Å². The molecule has 14 heavy (non-hydrogen) atoms. The molecule has 82 valence electrons. The standard InChI is InChI=1S/C12H22OS/c1-2-3-9-14-10-12(13)11-7-5-4-6-8-11/h11H,2-10H2,1H3. The Kier molecular flexibility index (Phi) is 6.33. The van der Waals surface area contributed by atoms with E-state index >= 15 is 0 Å². The summed E-state index contributed by atoms with van der Waals surface area (Å²) >= 11 is 1.83. The number of ketones is 1. The fourth-order valence-electron chi connectivity index (χ4n) is 1.96. The molecule has 0 heterocycles. The van der Waals surface area contributed by atoms with Gasteiger partial charge in [0.1, 0.15) is 5.78 Å². The second-order valence-electron chi connectivity index (χ2n) is 4.21. The molecule has 1 saturated carbocycles. The summed E-state index contributed by atoms with van der Waals surface area (Å²) in [5.41, 5.74) is 0. The first-order chi connectivity index (χ1) is 6.84. The minimum atomic E-state index is 0.415. The lowest BCUT2D eigenvalue weighted by atomic mass is 9.87. The molecule has 0 N–H and O–H groups in total. The highest BCUT2D eigenvalue weighted by Crippen LogP contribution is 2.25. The van der Waals surface area contributed by atoms with E-state index < -0.39 is 0 Å². The van der Waals surface area contributed by atoms with E-state index in [-0.39, 0.29) is 0 Å². The fourth-order valence-corrected chi connectivity index (χ4v) is 3.04. The van der Waals surface area contributed by atoms with Gasteiger partial charge in [0.05, 0.1) is 5.75 Å². The zero-order valence-corrected chi connectivity index (χ0v) is 10.1. The molecule has 2 heteroatoms. The Morgan fingerprint density at radius 1 is 1.29 bits per heavy atom. The van der Waals surface area contributed by atoms with Gasteiger partial charge < -0.3 is 0 Å². The van der Waals surface area contributed by atoms with E-state index in [1.165, 1.54) is 32.1 Å². The molecule has 1 aliphatic rings. The van der Waals surface area contributed by atoms with Crippen LogP contribution in [-0.2, 0) is 4.79 Å². The Bertz CT molecular complexity index is 162. The molecule has 0 aromatic rings. The van der Waals surface area contributed by atoms with Gasteiger partial charge in [0, 0.05) is 5.92 Å². The van der Waals surface area contributed by atoms with Crippen LogP contribution in [0.15, 0.2) is 0 Å². The fraction of sp³-hybridized carbons (Fsp3) is 0.917. The average Bonchev–Trinajstić information content (AvgIpc) is 2.25. The highest BCUT2D eigenvalue weighted by molar-refractivity contribution is 7.99. The molecule has 0 amide bonds. The van der Waals surface area contributed by atoms with E-state index in [4.69, 9.17) is 0 Å². The summed E-state index contributed by atoms with van der Waals surface area (Å²) < 4.78 is 0. The molecule has 0 radical (unpaired) electrons. The van der Waals surface area contributed by atoms with Crippen LogP contribution in [0.25, 0.3) is 0 Å². The zero-order valence-electron chi connectivity index (χ0n) is 9.26. The quantitative estimate of drug-likeness (QED) is 0.628. The summed E-state index contributed by atoms with van der Waals surface area (Å²) in [6.07, 6.45) is 8.70. The molecule has 0 unspecified atom stereocenters. The lowest BCUT2D eigenvalue weighted by Gasteiger charge is -2.19. The molecule has 1 aliphatic carbocycles. The molecule has 1 fully saturated rings. The molecule has 1 nitrogen and oxygen atoms in total. The average molecular weight is 214 g/mol. The predicted molar refractivity (Wildman–Crippen MR) is 63.8 cm³/mol. The Morgan fingerprint density at radius 2 is 2.00 bits per heavy atom. The van der Waals surface area contributed by atoms with E-state index in [2.05, 4.69) is 6.92 Å². The number of Topliss-reactive ketones (excluding diaryl/α,β-unsaturated/α-hetero) is 1. The van der Waals surface area contributed by atoms with Crippen molar-refractivity contribution in [3.63, 3.8) is 0 Å². The van der Waals surface area contributed by atoms with Crippen molar-refractivity contribution in [2.45, 2.75) is 51.9 Å². The van der Waals surface area contributed by atoms with Gasteiger partial charge in [-0.15, -0.1) is 0 Å². The van der Waals surface area contributed by atoms with Crippen LogP contribution in [0, 0.1) is 5.92 Å². The highest BCUT2D eigenvalue weighted by atomic mass is 32.2. The van der Waals surface area contributed by atoms with E-state index in [0.29, 0.717) is 11.7 Å². The first-order valence-corrected chi connectivity index (χ1v) is 7.10. The molecule has 0 aliphatic heterocycles. The van der Waals surface area contributed by atoms with Crippen molar-refractivity contribution >= 4 is 17.5 Å². The number of hydrogen-bond acceptors (Lipinski definition) is 2. The molecule has 0 saturated heterocycles. The number of unbranched alkanes of at least 4 members (excludes halogenated alkanes) is 1. The molecule has 0 aromatic carbocycles. The van der Waals surface area contributed by atoms with Crippen LogP contribution in [0.1, 0.15) is 51.9 Å². The predicted octanol–water partition coefficient (Wildman–Crippen LogP) is 3.67. The van der Waals surface area contributed by atoms with Crippen LogP contribution >= 0.6 is 11.8 Å². The van der Waals surface area contributed by atoms with Crippen molar-refractivity contribution in [3.8, 4) is 0 Å². The van der Waals surface area contributed by atoms with Gasteiger partial charge in [-0.2, -0.15) is 11.8 Å². The summed E-state index contributed by atoms with van der Waals surface area (Å²) in [5, 5.41) is 0. The first-order valence-electron chi connectivity index (χ1n) is 5.95. The molecule has 0 bridgehead atoms. The lowest BCUT2D eigenvalue weighted by molar-refractivity contribution is -0.121. The van der Waals surface area contributed by atoms with Crippen LogP contribution < -0.4 is 0 Å². The van der Waals surface area contributed by atoms with Crippen LogP contribution in [-0.4, -0.2) is 17.3 Å². The summed E-state index contributed by atoms with van der Waals surface area (Å²) in [4.78, 5) is 11.7. The number of carbonyl (C=O) groups is 1.